The van der Waals surface area contributed by atoms with Gasteiger partial charge >= 0.3 is 0 Å². The second-order valence-corrected chi connectivity index (χ2v) is 2.96. The Bertz CT molecular complexity index is 117. The van der Waals surface area contributed by atoms with E-state index in [0.29, 0.717) is 0 Å². The van der Waals surface area contributed by atoms with Crippen LogP contribution in [0.3, 0.4) is 0 Å². The van der Waals surface area contributed by atoms with Gasteiger partial charge in [0.05, 0.1) is 0 Å². The molecule has 0 heterocycles. The molecule has 3 N–H and O–H groups in total. The van der Waals surface area contributed by atoms with Gasteiger partial charge in [0.15, 0.2) is 0 Å². The molecule has 0 aromatic carbocycles. The van der Waals surface area contributed by atoms with Crippen molar-refractivity contribution in [1.82, 2.24) is 4.72 Å². The molecule has 4 nitrogen and oxygen atoms in total. The summed E-state index contributed by atoms with van der Waals surface area (Å²) in [7, 11) is -1.81. The van der Waals surface area contributed by atoms with Gasteiger partial charge in [0.1, 0.15) is 5.88 Å². The van der Waals surface area contributed by atoms with Gasteiger partial charge in [0, 0.05) is 0 Å². The van der Waals surface area contributed by atoms with E-state index in [2.05, 4.69) is 0 Å². The van der Waals surface area contributed by atoms with Gasteiger partial charge in [0.25, 0.3) is 0 Å². The van der Waals surface area contributed by atoms with Crippen LogP contribution in [-0.2, 0) is 10.0 Å². The quantitative estimate of drug-likeness (QED) is 0.468. The highest BCUT2D eigenvalue weighted by Crippen LogP contribution is 1.69. The molecular weight excluding hydrogens is 116 g/mol. The topological polar surface area (TPSA) is 72.2 Å². The second-order valence-electron chi connectivity index (χ2n) is 0.986. The molecule has 44 valence electrons. The zero-order chi connectivity index (χ0) is 5.91. The first-order chi connectivity index (χ1) is 3.12. The van der Waals surface area contributed by atoms with E-state index in [1.807, 2.05) is 4.72 Å². The molecule has 0 aliphatic heterocycles. The van der Waals surface area contributed by atoms with Crippen LogP contribution < -0.4 is 10.5 Å². The Labute approximate surface area is 42.8 Å². The average molecular weight is 124 g/mol. The molecule has 0 rings (SSSR count). The molecule has 0 atom stereocenters. The summed E-state index contributed by atoms with van der Waals surface area (Å²) in [6.07, 6.45) is 0. The third-order valence-electron chi connectivity index (χ3n) is 0.530. The van der Waals surface area contributed by atoms with Crippen LogP contribution in [0.5, 0.6) is 0 Å². The third kappa shape index (κ3) is 2.55. The molecule has 0 aliphatic rings. The van der Waals surface area contributed by atoms with Gasteiger partial charge in [-0.25, -0.2) is 13.1 Å². The molecule has 0 aliphatic carbocycles. The average Bonchev–Trinajstić information content (AvgIpc) is 1.68. The Hall–Kier alpha value is -0.130. The molecule has 0 unspecified atom stereocenters. The predicted octanol–water partition coefficient (Wildman–Crippen LogP) is -1.55. The fourth-order valence-electron chi connectivity index (χ4n) is 0.0833. The van der Waals surface area contributed by atoms with Crippen molar-refractivity contribution in [2.24, 2.45) is 5.73 Å². The van der Waals surface area contributed by atoms with Crippen LogP contribution in [-0.4, -0.2) is 21.3 Å². The lowest BCUT2D eigenvalue weighted by atomic mass is 11.5. The standard InChI is InChI=1S/C2H8N2O2S/c1-4-7(5,6)2-3/h4H,2-3H2,1H3. The number of nitrogens with one attached hydrogen (secondary N) is 1. The Balaban J connectivity index is 3.89. The van der Waals surface area contributed by atoms with E-state index in [4.69, 9.17) is 5.73 Å². The summed E-state index contributed by atoms with van der Waals surface area (Å²) in [5.74, 6) is -0.344. The summed E-state index contributed by atoms with van der Waals surface area (Å²) in [6, 6.07) is 0. The molecular formula is C2H8N2O2S. The van der Waals surface area contributed by atoms with Gasteiger partial charge in [-0.15, -0.1) is 0 Å². The first-order valence-electron chi connectivity index (χ1n) is 1.73. The fraction of sp³-hybridized carbons (Fsp3) is 1.00. The molecule has 5 heteroatoms. The lowest BCUT2D eigenvalue weighted by Gasteiger charge is -1.92. The summed E-state index contributed by atoms with van der Waals surface area (Å²) in [4.78, 5) is 0. The zero-order valence-corrected chi connectivity index (χ0v) is 4.83. The maximum atomic E-state index is 10.1. The number of sulfonamides is 1. The summed E-state index contributed by atoms with van der Waals surface area (Å²) in [5.41, 5.74) is 4.77. The van der Waals surface area contributed by atoms with Crippen LogP contribution in [0.25, 0.3) is 0 Å². The van der Waals surface area contributed by atoms with Crippen LogP contribution in [0.15, 0.2) is 0 Å². The second kappa shape index (κ2) is 2.25. The Morgan fingerprint density at radius 2 is 2.14 bits per heavy atom. The number of rotatable bonds is 2. The van der Waals surface area contributed by atoms with Crippen molar-refractivity contribution in [1.29, 1.82) is 0 Å². The van der Waals surface area contributed by atoms with Crippen LogP contribution in [0.1, 0.15) is 0 Å². The van der Waals surface area contributed by atoms with E-state index >= 15 is 0 Å². The third-order valence-corrected chi connectivity index (χ3v) is 1.59. The van der Waals surface area contributed by atoms with E-state index in [1.165, 1.54) is 7.05 Å². The van der Waals surface area contributed by atoms with Gasteiger partial charge in [-0.1, -0.05) is 0 Å². The van der Waals surface area contributed by atoms with Gasteiger partial charge in [-0.05, 0) is 7.05 Å². The summed E-state index contributed by atoms with van der Waals surface area (Å²) >= 11 is 0. The molecule has 0 saturated heterocycles. The Morgan fingerprint density at radius 1 is 1.71 bits per heavy atom. The fourth-order valence-corrected chi connectivity index (χ4v) is 0.250. The monoisotopic (exact) mass is 124 g/mol. The molecule has 0 aromatic heterocycles. The van der Waals surface area contributed by atoms with E-state index in [0.717, 1.165) is 0 Å². The molecule has 0 saturated carbocycles. The maximum Gasteiger partial charge on any atom is 0.224 e. The van der Waals surface area contributed by atoms with E-state index < -0.39 is 10.0 Å². The van der Waals surface area contributed by atoms with Gasteiger partial charge < -0.3 is 5.73 Å². The molecule has 0 spiro atoms. The maximum absolute atomic E-state index is 10.1. The predicted molar refractivity (Wildman–Crippen MR) is 27.0 cm³/mol. The van der Waals surface area contributed by atoms with Crippen molar-refractivity contribution < 1.29 is 8.42 Å². The van der Waals surface area contributed by atoms with Crippen molar-refractivity contribution in [2.45, 2.75) is 0 Å². The largest absolute Gasteiger partial charge is 0.317 e. The van der Waals surface area contributed by atoms with E-state index in [1.54, 1.807) is 0 Å². The lowest BCUT2D eigenvalue weighted by Crippen LogP contribution is -2.26. The lowest BCUT2D eigenvalue weighted by molar-refractivity contribution is 0.588. The van der Waals surface area contributed by atoms with Crippen molar-refractivity contribution in [3.05, 3.63) is 0 Å². The zero-order valence-electron chi connectivity index (χ0n) is 4.01. The minimum atomic E-state index is -3.13. The molecule has 0 aromatic rings. The summed E-state index contributed by atoms with van der Waals surface area (Å²) < 4.78 is 22.3. The van der Waals surface area contributed by atoms with Crippen LogP contribution in [0.4, 0.5) is 0 Å². The SMILES string of the molecule is CNS(=O)(=O)CN. The minimum absolute atomic E-state index is 0.344. The number of nitrogens with two attached hydrogens (primary N) is 1. The number of hydrogen-bond acceptors (Lipinski definition) is 3. The molecule has 0 bridgehead atoms. The highest BCUT2D eigenvalue weighted by molar-refractivity contribution is 7.89. The van der Waals surface area contributed by atoms with Crippen LogP contribution >= 0.6 is 0 Å². The number of hydrogen-bond donors (Lipinski definition) is 2. The van der Waals surface area contributed by atoms with Crippen molar-refractivity contribution in [2.75, 3.05) is 12.9 Å². The van der Waals surface area contributed by atoms with Gasteiger partial charge in [-0.2, -0.15) is 0 Å². The first-order valence-corrected chi connectivity index (χ1v) is 3.39. The highest BCUT2D eigenvalue weighted by atomic mass is 32.2. The Morgan fingerprint density at radius 3 is 2.14 bits per heavy atom. The molecule has 7 heavy (non-hydrogen) atoms. The summed E-state index contributed by atoms with van der Waals surface area (Å²) in [6.45, 7) is 0. The molecule has 0 amide bonds. The highest BCUT2D eigenvalue weighted by Gasteiger charge is 1.98. The van der Waals surface area contributed by atoms with E-state index in [-0.39, 0.29) is 5.88 Å². The van der Waals surface area contributed by atoms with Crippen LogP contribution in [0, 0.1) is 0 Å². The van der Waals surface area contributed by atoms with E-state index in [9.17, 15) is 8.42 Å². The first kappa shape index (κ1) is 6.87. The van der Waals surface area contributed by atoms with Crippen LogP contribution in [0.2, 0.25) is 0 Å². The Kier molecular flexibility index (Phi) is 2.21. The minimum Gasteiger partial charge on any atom is -0.317 e. The van der Waals surface area contributed by atoms with Gasteiger partial charge in [0.2, 0.25) is 10.0 Å². The van der Waals surface area contributed by atoms with Crippen molar-refractivity contribution in [3.8, 4) is 0 Å². The van der Waals surface area contributed by atoms with Gasteiger partial charge in [-0.3, -0.25) is 0 Å². The smallest absolute Gasteiger partial charge is 0.224 e. The molecule has 0 fully saturated rings. The molecule has 0 radical (unpaired) electrons. The van der Waals surface area contributed by atoms with Crippen molar-refractivity contribution >= 4 is 10.0 Å². The van der Waals surface area contributed by atoms with Crippen molar-refractivity contribution in [3.63, 3.8) is 0 Å². The summed E-state index contributed by atoms with van der Waals surface area (Å²) in [5, 5.41) is 0. The normalized spacial score (nSPS) is 11.7.